The zero-order valence-corrected chi connectivity index (χ0v) is 12.6. The number of hydrogen-bond acceptors (Lipinski definition) is 2. The summed E-state index contributed by atoms with van der Waals surface area (Å²) >= 11 is 0. The minimum atomic E-state index is 0. The Morgan fingerprint density at radius 1 is 1.00 bits per heavy atom. The molecule has 0 spiro atoms. The fraction of sp³-hybridized carbons (Fsp3) is 0.733. The molecule has 0 aliphatic carbocycles. The fourth-order valence-corrected chi connectivity index (χ4v) is 2.20. The highest BCUT2D eigenvalue weighted by Gasteiger charge is 2.07. The van der Waals surface area contributed by atoms with E-state index < -0.39 is 0 Å². The molecule has 0 bridgehead atoms. The highest BCUT2D eigenvalue weighted by Crippen LogP contribution is 2.11. The lowest BCUT2D eigenvalue weighted by Crippen LogP contribution is -2.22. The van der Waals surface area contributed by atoms with Crippen molar-refractivity contribution < 1.29 is 0 Å². The largest absolute Gasteiger partial charge is 0.358 e. The van der Waals surface area contributed by atoms with Crippen molar-refractivity contribution in [3.63, 3.8) is 0 Å². The van der Waals surface area contributed by atoms with Crippen LogP contribution in [0, 0.1) is 0 Å². The van der Waals surface area contributed by atoms with Gasteiger partial charge in [-0.2, -0.15) is 0 Å². The normalized spacial score (nSPS) is 13.8. The van der Waals surface area contributed by atoms with Gasteiger partial charge in [0, 0.05) is 18.9 Å². The van der Waals surface area contributed by atoms with E-state index in [9.17, 15) is 0 Å². The number of halogens is 1. The lowest BCUT2D eigenvalue weighted by atomic mass is 10.1. The lowest BCUT2D eigenvalue weighted by Gasteiger charge is -2.18. The molecule has 1 aliphatic rings. The first kappa shape index (κ1) is 17.4. The molecule has 0 radical (unpaired) electrons. The molecule has 1 heterocycles. The summed E-state index contributed by atoms with van der Waals surface area (Å²) in [6.07, 6.45) is 17.3. The summed E-state index contributed by atoms with van der Waals surface area (Å²) in [5, 5.41) is 0. The van der Waals surface area contributed by atoms with Crippen molar-refractivity contribution in [3.05, 3.63) is 25.2 Å². The van der Waals surface area contributed by atoms with Gasteiger partial charge in [0.15, 0.2) is 0 Å². The van der Waals surface area contributed by atoms with Gasteiger partial charge in [-0.1, -0.05) is 58.4 Å². The smallest absolute Gasteiger partial charge is 0.0935 e. The summed E-state index contributed by atoms with van der Waals surface area (Å²) in [7, 11) is 0. The highest BCUT2D eigenvalue weighted by atomic mass is 35.5. The summed E-state index contributed by atoms with van der Waals surface area (Å²) in [5.74, 6) is 0. The first-order chi connectivity index (χ1) is 8.36. The minimum absolute atomic E-state index is 0. The van der Waals surface area contributed by atoms with Crippen LogP contribution in [-0.2, 0) is 0 Å². The van der Waals surface area contributed by atoms with Crippen LogP contribution in [0.25, 0.3) is 0 Å². The molecule has 1 rings (SSSR count). The Morgan fingerprint density at radius 3 is 2.17 bits per heavy atom. The van der Waals surface area contributed by atoms with Crippen molar-refractivity contribution in [2.24, 2.45) is 0 Å². The van der Waals surface area contributed by atoms with Crippen LogP contribution in [0.2, 0.25) is 0 Å². The van der Waals surface area contributed by atoms with E-state index in [0.717, 1.165) is 6.67 Å². The Kier molecular flexibility index (Phi) is 11.1. The zero-order valence-electron chi connectivity index (χ0n) is 11.8. The van der Waals surface area contributed by atoms with Crippen LogP contribution in [-0.4, -0.2) is 23.0 Å². The molecule has 2 nitrogen and oxygen atoms in total. The van der Waals surface area contributed by atoms with Crippen LogP contribution in [0.5, 0.6) is 0 Å². The van der Waals surface area contributed by atoms with Crippen LogP contribution in [0.15, 0.2) is 25.2 Å². The highest BCUT2D eigenvalue weighted by molar-refractivity contribution is 5.85. The number of rotatable bonds is 10. The van der Waals surface area contributed by atoms with E-state index in [1.807, 2.05) is 6.20 Å². The maximum Gasteiger partial charge on any atom is 0.0935 e. The molecule has 1 aliphatic heterocycles. The molecule has 3 heteroatoms. The first-order valence-electron chi connectivity index (χ1n) is 7.17. The van der Waals surface area contributed by atoms with Crippen LogP contribution < -0.4 is 0 Å². The second-order valence-electron chi connectivity index (χ2n) is 4.92. The van der Waals surface area contributed by atoms with Crippen molar-refractivity contribution in [2.45, 2.75) is 58.3 Å². The van der Waals surface area contributed by atoms with Crippen molar-refractivity contribution >= 4 is 12.4 Å². The average molecular weight is 273 g/mol. The van der Waals surface area contributed by atoms with E-state index in [1.54, 1.807) is 0 Å². The first-order valence-corrected chi connectivity index (χ1v) is 7.17. The SMILES string of the molecule is C=CN1C=CN(CCCCCCCCCC)C1.Cl. The van der Waals surface area contributed by atoms with Crippen LogP contribution in [0.4, 0.5) is 0 Å². The molecular weight excluding hydrogens is 244 g/mol. The third-order valence-electron chi connectivity index (χ3n) is 3.35. The Bertz CT molecular complexity index is 229. The zero-order chi connectivity index (χ0) is 12.3. The topological polar surface area (TPSA) is 6.48 Å². The van der Waals surface area contributed by atoms with Gasteiger partial charge < -0.3 is 9.80 Å². The monoisotopic (exact) mass is 272 g/mol. The number of hydrogen-bond donors (Lipinski definition) is 0. The van der Waals surface area contributed by atoms with Gasteiger partial charge in [0.25, 0.3) is 0 Å². The fourth-order valence-electron chi connectivity index (χ4n) is 2.20. The van der Waals surface area contributed by atoms with Crippen molar-refractivity contribution in [1.29, 1.82) is 0 Å². The molecule has 0 saturated heterocycles. The van der Waals surface area contributed by atoms with Crippen LogP contribution in [0.1, 0.15) is 58.3 Å². The second kappa shape index (κ2) is 11.5. The summed E-state index contributed by atoms with van der Waals surface area (Å²) in [5.41, 5.74) is 0. The Balaban J connectivity index is 0.00000289. The molecule has 18 heavy (non-hydrogen) atoms. The molecule has 0 N–H and O–H groups in total. The van der Waals surface area contributed by atoms with Crippen molar-refractivity contribution in [2.75, 3.05) is 13.2 Å². The van der Waals surface area contributed by atoms with E-state index in [0.29, 0.717) is 0 Å². The molecule has 0 atom stereocenters. The van der Waals surface area contributed by atoms with Crippen LogP contribution >= 0.6 is 12.4 Å². The Morgan fingerprint density at radius 2 is 1.61 bits per heavy atom. The van der Waals surface area contributed by atoms with Gasteiger partial charge in [0.05, 0.1) is 6.67 Å². The maximum atomic E-state index is 3.77. The molecule has 0 aromatic heterocycles. The molecule has 0 fully saturated rings. The Hall–Kier alpha value is -0.630. The summed E-state index contributed by atoms with van der Waals surface area (Å²) in [6, 6.07) is 0. The van der Waals surface area contributed by atoms with E-state index in [4.69, 9.17) is 0 Å². The van der Waals surface area contributed by atoms with Gasteiger partial charge in [-0.05, 0) is 12.6 Å². The predicted molar refractivity (Wildman–Crippen MR) is 82.6 cm³/mol. The molecule has 0 unspecified atom stereocenters. The third kappa shape index (κ3) is 7.65. The van der Waals surface area contributed by atoms with Crippen molar-refractivity contribution in [3.8, 4) is 0 Å². The molecule has 0 saturated carbocycles. The van der Waals surface area contributed by atoms with Crippen molar-refractivity contribution in [1.82, 2.24) is 9.80 Å². The van der Waals surface area contributed by atoms with Gasteiger partial charge in [-0.15, -0.1) is 12.4 Å². The molecule has 0 aromatic carbocycles. The van der Waals surface area contributed by atoms with Gasteiger partial charge in [-0.3, -0.25) is 0 Å². The quantitative estimate of drug-likeness (QED) is 0.530. The predicted octanol–water partition coefficient (Wildman–Crippen LogP) is 4.74. The van der Waals surface area contributed by atoms with Gasteiger partial charge in [0.1, 0.15) is 0 Å². The van der Waals surface area contributed by atoms with Gasteiger partial charge in [0.2, 0.25) is 0 Å². The van der Waals surface area contributed by atoms with Gasteiger partial charge in [-0.25, -0.2) is 0 Å². The Labute approximate surface area is 119 Å². The van der Waals surface area contributed by atoms with E-state index >= 15 is 0 Å². The van der Waals surface area contributed by atoms with E-state index in [-0.39, 0.29) is 12.4 Å². The summed E-state index contributed by atoms with van der Waals surface area (Å²) in [6.45, 7) is 8.22. The molecular formula is C15H29ClN2. The third-order valence-corrected chi connectivity index (χ3v) is 3.35. The molecule has 0 aromatic rings. The molecule has 106 valence electrons. The van der Waals surface area contributed by atoms with E-state index in [2.05, 4.69) is 35.7 Å². The standard InChI is InChI=1S/C15H28N2.ClH/c1-3-5-6-7-8-9-10-11-12-17-14-13-16(4-2)15-17;/h4,13-14H,2-3,5-12,15H2,1H3;1H. The van der Waals surface area contributed by atoms with E-state index in [1.165, 1.54) is 57.9 Å². The second-order valence-corrected chi connectivity index (χ2v) is 4.92. The van der Waals surface area contributed by atoms with Gasteiger partial charge >= 0.3 is 0 Å². The average Bonchev–Trinajstić information content (AvgIpc) is 2.80. The number of unbranched alkanes of at least 4 members (excludes halogenated alkanes) is 7. The number of nitrogens with zero attached hydrogens (tertiary/aromatic N) is 2. The summed E-state index contributed by atoms with van der Waals surface area (Å²) < 4.78 is 0. The van der Waals surface area contributed by atoms with Crippen LogP contribution in [0.3, 0.4) is 0 Å². The molecule has 0 amide bonds. The maximum absolute atomic E-state index is 3.77. The minimum Gasteiger partial charge on any atom is -0.358 e. The summed E-state index contributed by atoms with van der Waals surface area (Å²) in [4.78, 5) is 4.48. The lowest BCUT2D eigenvalue weighted by molar-refractivity contribution is 0.307.